The molecule has 17 heavy (non-hydrogen) atoms. The molecule has 1 saturated heterocycles. The van der Waals surface area contributed by atoms with Crippen molar-refractivity contribution in [3.63, 3.8) is 0 Å². The summed E-state index contributed by atoms with van der Waals surface area (Å²) in [5, 5.41) is 3.49. The average molecular weight is 233 g/mol. The zero-order valence-electron chi connectivity index (χ0n) is 11.1. The highest BCUT2D eigenvalue weighted by Gasteiger charge is 2.24. The van der Waals surface area contributed by atoms with Crippen LogP contribution < -0.4 is 5.32 Å². The van der Waals surface area contributed by atoms with Crippen LogP contribution in [0.3, 0.4) is 0 Å². The maximum Gasteiger partial charge on any atom is 0.0300 e. The number of piperazine rings is 1. The second-order valence-corrected chi connectivity index (χ2v) is 5.29. The molecule has 1 unspecified atom stereocenters. The predicted octanol–water partition coefficient (Wildman–Crippen LogP) is 1.82. The summed E-state index contributed by atoms with van der Waals surface area (Å²) >= 11 is 0. The summed E-state index contributed by atoms with van der Waals surface area (Å²) < 4.78 is 0. The van der Waals surface area contributed by atoms with Crippen molar-refractivity contribution in [3.05, 3.63) is 29.6 Å². The Kier molecular flexibility index (Phi) is 4.13. The largest absolute Gasteiger partial charge is 0.314 e. The van der Waals surface area contributed by atoms with Crippen molar-refractivity contribution < 1.29 is 0 Å². The first-order chi connectivity index (χ1) is 8.18. The van der Waals surface area contributed by atoms with Gasteiger partial charge in [-0.15, -0.1) is 0 Å². The van der Waals surface area contributed by atoms with Gasteiger partial charge in [-0.05, 0) is 30.0 Å². The Hall–Kier alpha value is -0.930. The van der Waals surface area contributed by atoms with Gasteiger partial charge in [0.25, 0.3) is 0 Å². The van der Waals surface area contributed by atoms with Gasteiger partial charge in [0.1, 0.15) is 0 Å². The summed E-state index contributed by atoms with van der Waals surface area (Å²) in [5.74, 6) is 0.699. The molecule has 0 radical (unpaired) electrons. The first-order valence-electron chi connectivity index (χ1n) is 6.52. The molecule has 1 aliphatic rings. The van der Waals surface area contributed by atoms with Gasteiger partial charge in [-0.1, -0.05) is 13.8 Å². The first-order valence-corrected chi connectivity index (χ1v) is 6.52. The maximum atomic E-state index is 4.16. The summed E-state index contributed by atoms with van der Waals surface area (Å²) in [4.78, 5) is 6.76. The first kappa shape index (κ1) is 12.5. The number of nitrogens with zero attached hydrogens (tertiary/aromatic N) is 2. The van der Waals surface area contributed by atoms with Gasteiger partial charge in [-0.3, -0.25) is 9.88 Å². The monoisotopic (exact) mass is 233 g/mol. The quantitative estimate of drug-likeness (QED) is 0.863. The number of pyridine rings is 1. The van der Waals surface area contributed by atoms with E-state index < -0.39 is 0 Å². The molecular weight excluding hydrogens is 210 g/mol. The number of aryl methyl sites for hydroxylation is 1. The van der Waals surface area contributed by atoms with E-state index in [1.54, 1.807) is 0 Å². The molecule has 0 aromatic carbocycles. The fourth-order valence-electron chi connectivity index (χ4n) is 2.52. The molecule has 2 rings (SSSR count). The van der Waals surface area contributed by atoms with Crippen LogP contribution in [-0.4, -0.2) is 35.6 Å². The van der Waals surface area contributed by atoms with E-state index in [-0.39, 0.29) is 0 Å². The SMILES string of the molecule is Cc1cnccc1CN1CCNCC1C(C)C. The lowest BCUT2D eigenvalue weighted by Gasteiger charge is -2.38. The molecule has 1 aliphatic heterocycles. The second-order valence-electron chi connectivity index (χ2n) is 5.29. The molecular formula is C14H23N3. The topological polar surface area (TPSA) is 28.2 Å². The van der Waals surface area contributed by atoms with E-state index in [4.69, 9.17) is 0 Å². The zero-order valence-corrected chi connectivity index (χ0v) is 11.1. The lowest BCUT2D eigenvalue weighted by molar-refractivity contribution is 0.117. The summed E-state index contributed by atoms with van der Waals surface area (Å²) in [7, 11) is 0. The predicted molar refractivity (Wildman–Crippen MR) is 70.9 cm³/mol. The molecule has 1 atom stereocenters. The highest BCUT2D eigenvalue weighted by molar-refractivity contribution is 5.21. The minimum atomic E-state index is 0.649. The van der Waals surface area contributed by atoms with E-state index in [0.29, 0.717) is 12.0 Å². The molecule has 0 spiro atoms. The lowest BCUT2D eigenvalue weighted by Crippen LogP contribution is -2.53. The smallest absolute Gasteiger partial charge is 0.0300 e. The summed E-state index contributed by atoms with van der Waals surface area (Å²) in [6.45, 7) is 11.2. The van der Waals surface area contributed by atoms with Crippen molar-refractivity contribution >= 4 is 0 Å². The summed E-state index contributed by atoms with van der Waals surface area (Å²) in [6, 6.07) is 2.80. The van der Waals surface area contributed by atoms with E-state index in [2.05, 4.69) is 42.0 Å². The van der Waals surface area contributed by atoms with Gasteiger partial charge < -0.3 is 5.32 Å². The fraction of sp³-hybridized carbons (Fsp3) is 0.643. The Morgan fingerprint density at radius 3 is 3.06 bits per heavy atom. The van der Waals surface area contributed by atoms with Crippen molar-refractivity contribution in [2.24, 2.45) is 5.92 Å². The fourth-order valence-corrected chi connectivity index (χ4v) is 2.52. The van der Waals surface area contributed by atoms with Crippen LogP contribution in [0.2, 0.25) is 0 Å². The molecule has 0 aliphatic carbocycles. The Bertz CT molecular complexity index is 362. The molecule has 3 nitrogen and oxygen atoms in total. The molecule has 1 N–H and O–H groups in total. The van der Waals surface area contributed by atoms with Gasteiger partial charge in [-0.25, -0.2) is 0 Å². The van der Waals surface area contributed by atoms with Gasteiger partial charge in [0.15, 0.2) is 0 Å². The van der Waals surface area contributed by atoms with E-state index >= 15 is 0 Å². The highest BCUT2D eigenvalue weighted by Crippen LogP contribution is 2.17. The van der Waals surface area contributed by atoms with Crippen molar-refractivity contribution in [1.82, 2.24) is 15.2 Å². The van der Waals surface area contributed by atoms with Crippen molar-refractivity contribution in [1.29, 1.82) is 0 Å². The van der Waals surface area contributed by atoms with Crippen molar-refractivity contribution in [2.75, 3.05) is 19.6 Å². The number of nitrogens with one attached hydrogen (secondary N) is 1. The maximum absolute atomic E-state index is 4.16. The molecule has 1 aromatic heterocycles. The second kappa shape index (κ2) is 5.61. The van der Waals surface area contributed by atoms with Crippen LogP contribution >= 0.6 is 0 Å². The Balaban J connectivity index is 2.08. The molecule has 1 aromatic rings. The Morgan fingerprint density at radius 2 is 2.35 bits per heavy atom. The zero-order chi connectivity index (χ0) is 12.3. The van der Waals surface area contributed by atoms with E-state index in [1.807, 2.05) is 12.4 Å². The number of hydrogen-bond donors (Lipinski definition) is 1. The average Bonchev–Trinajstić information content (AvgIpc) is 2.32. The molecule has 0 amide bonds. The van der Waals surface area contributed by atoms with E-state index in [1.165, 1.54) is 11.1 Å². The third-order valence-electron chi connectivity index (χ3n) is 3.68. The van der Waals surface area contributed by atoms with Gasteiger partial charge in [0.05, 0.1) is 0 Å². The van der Waals surface area contributed by atoms with Crippen molar-refractivity contribution in [2.45, 2.75) is 33.4 Å². The third kappa shape index (κ3) is 3.05. The van der Waals surface area contributed by atoms with Crippen LogP contribution in [0.5, 0.6) is 0 Å². The summed E-state index contributed by atoms with van der Waals surface area (Å²) in [5.41, 5.74) is 2.71. The third-order valence-corrected chi connectivity index (χ3v) is 3.68. The molecule has 2 heterocycles. The van der Waals surface area contributed by atoms with Gasteiger partial charge in [-0.2, -0.15) is 0 Å². The minimum Gasteiger partial charge on any atom is -0.314 e. The van der Waals surface area contributed by atoms with Crippen LogP contribution in [0.25, 0.3) is 0 Å². The standard InChI is InChI=1S/C14H23N3/c1-11(2)14-9-16-6-7-17(14)10-13-4-5-15-8-12(13)3/h4-5,8,11,14,16H,6-7,9-10H2,1-3H3. The van der Waals surface area contributed by atoms with Crippen LogP contribution in [0.1, 0.15) is 25.0 Å². The van der Waals surface area contributed by atoms with Gasteiger partial charge in [0.2, 0.25) is 0 Å². The van der Waals surface area contributed by atoms with E-state index in [0.717, 1.165) is 26.2 Å². The number of hydrogen-bond acceptors (Lipinski definition) is 3. The van der Waals surface area contributed by atoms with Crippen LogP contribution in [0.15, 0.2) is 18.5 Å². The number of aromatic nitrogens is 1. The Labute approximate surface area is 104 Å². The highest BCUT2D eigenvalue weighted by atomic mass is 15.2. The molecule has 3 heteroatoms. The molecule has 0 bridgehead atoms. The van der Waals surface area contributed by atoms with Gasteiger partial charge >= 0.3 is 0 Å². The van der Waals surface area contributed by atoms with E-state index in [9.17, 15) is 0 Å². The molecule has 94 valence electrons. The van der Waals surface area contributed by atoms with Crippen LogP contribution in [0.4, 0.5) is 0 Å². The Morgan fingerprint density at radius 1 is 1.53 bits per heavy atom. The van der Waals surface area contributed by atoms with Gasteiger partial charge in [0, 0.05) is 44.6 Å². The summed E-state index contributed by atoms with van der Waals surface area (Å²) in [6.07, 6.45) is 3.86. The number of rotatable bonds is 3. The van der Waals surface area contributed by atoms with Crippen molar-refractivity contribution in [3.8, 4) is 0 Å². The lowest BCUT2D eigenvalue weighted by atomic mass is 9.99. The van der Waals surface area contributed by atoms with Crippen LogP contribution in [0, 0.1) is 12.8 Å². The normalized spacial score (nSPS) is 22.0. The van der Waals surface area contributed by atoms with Crippen LogP contribution in [-0.2, 0) is 6.54 Å². The minimum absolute atomic E-state index is 0.649. The molecule has 0 saturated carbocycles. The molecule has 1 fully saturated rings.